The van der Waals surface area contributed by atoms with Crippen LogP contribution in [0.5, 0.6) is 0 Å². The van der Waals surface area contributed by atoms with Crippen LogP contribution in [-0.2, 0) is 0 Å². The fourth-order valence-electron chi connectivity index (χ4n) is 4.05. The molecule has 0 saturated heterocycles. The first-order valence-electron chi connectivity index (χ1n) is 8.75. The van der Waals surface area contributed by atoms with Crippen LogP contribution < -0.4 is 10.6 Å². The van der Waals surface area contributed by atoms with Gasteiger partial charge in [0.15, 0.2) is 0 Å². The number of benzene rings is 1. The number of carboxylic acids is 1. The van der Waals surface area contributed by atoms with E-state index in [0.717, 1.165) is 5.69 Å². The molecule has 7 heteroatoms. The number of carboxylic acid groups (broad SMARTS) is 1. The Labute approximate surface area is 156 Å². The maximum absolute atomic E-state index is 12.4. The second-order valence-corrected chi connectivity index (χ2v) is 7.02. The lowest BCUT2D eigenvalue weighted by molar-refractivity contribution is 0.0698. The number of para-hydroxylation sites is 1. The SMILES string of the molecule is CC12C=CC=CC1c1cncn1C2CNC(=O)Nc1ccccc1C(=O)O. The highest BCUT2D eigenvalue weighted by molar-refractivity contribution is 5.99. The molecule has 3 N–H and O–H groups in total. The number of nitrogens with zero attached hydrogens (tertiary/aromatic N) is 2. The monoisotopic (exact) mass is 364 g/mol. The predicted octanol–water partition coefficient (Wildman–Crippen LogP) is 3.17. The molecule has 1 aliphatic heterocycles. The lowest BCUT2D eigenvalue weighted by Crippen LogP contribution is -2.38. The Balaban J connectivity index is 1.49. The minimum Gasteiger partial charge on any atom is -0.478 e. The van der Waals surface area contributed by atoms with E-state index in [1.807, 2.05) is 18.3 Å². The van der Waals surface area contributed by atoms with Crippen LogP contribution in [0, 0.1) is 5.41 Å². The largest absolute Gasteiger partial charge is 0.478 e. The number of hydrogen-bond acceptors (Lipinski definition) is 3. The third-order valence-electron chi connectivity index (χ3n) is 5.47. The molecule has 1 aromatic carbocycles. The number of urea groups is 1. The highest BCUT2D eigenvalue weighted by Gasteiger charge is 2.48. The lowest BCUT2D eigenvalue weighted by Gasteiger charge is -2.34. The standard InChI is InChI=1S/C20H20N4O3/c1-20-9-5-4-7-14(20)16-10-21-12-24(16)17(20)11-22-19(27)23-15-8-3-2-6-13(15)18(25)26/h2-10,12,14,17H,11H2,1H3,(H,25,26)(H2,22,23,27). The summed E-state index contributed by atoms with van der Waals surface area (Å²) in [7, 11) is 0. The van der Waals surface area contributed by atoms with Crippen LogP contribution >= 0.6 is 0 Å². The third kappa shape index (κ3) is 2.81. The van der Waals surface area contributed by atoms with Crippen molar-refractivity contribution in [3.05, 3.63) is 72.4 Å². The Morgan fingerprint density at radius 3 is 2.93 bits per heavy atom. The number of nitrogens with one attached hydrogen (secondary N) is 2. The summed E-state index contributed by atoms with van der Waals surface area (Å²) in [6.45, 7) is 2.57. The zero-order valence-electron chi connectivity index (χ0n) is 14.8. The fourth-order valence-corrected chi connectivity index (χ4v) is 4.05. The molecule has 138 valence electrons. The number of aromatic nitrogens is 2. The first-order chi connectivity index (χ1) is 13.0. The molecule has 1 aliphatic carbocycles. The predicted molar refractivity (Wildman–Crippen MR) is 101 cm³/mol. The Bertz CT molecular complexity index is 962. The van der Waals surface area contributed by atoms with Crippen LogP contribution in [0.15, 0.2) is 61.1 Å². The van der Waals surface area contributed by atoms with Crippen LogP contribution in [0.1, 0.15) is 34.9 Å². The van der Waals surface area contributed by atoms with Crippen LogP contribution in [-0.4, -0.2) is 33.2 Å². The number of allylic oxidation sites excluding steroid dienone is 4. The molecular formula is C20H20N4O3. The van der Waals surface area contributed by atoms with E-state index in [1.54, 1.807) is 24.5 Å². The summed E-state index contributed by atoms with van der Waals surface area (Å²) in [6, 6.07) is 5.90. The molecule has 3 unspecified atom stereocenters. The molecule has 1 aromatic heterocycles. The van der Waals surface area contributed by atoms with Gasteiger partial charge in [0.05, 0.1) is 23.6 Å². The fraction of sp³-hybridized carbons (Fsp3) is 0.250. The number of rotatable bonds is 4. The van der Waals surface area contributed by atoms with E-state index in [1.165, 1.54) is 6.07 Å². The number of hydrogen-bond donors (Lipinski definition) is 3. The number of amides is 2. The molecule has 27 heavy (non-hydrogen) atoms. The second-order valence-electron chi connectivity index (χ2n) is 7.02. The van der Waals surface area contributed by atoms with Crippen LogP contribution in [0.3, 0.4) is 0 Å². The smallest absolute Gasteiger partial charge is 0.337 e. The molecule has 0 spiro atoms. The highest BCUT2D eigenvalue weighted by Crippen LogP contribution is 2.53. The average molecular weight is 364 g/mol. The van der Waals surface area contributed by atoms with Crippen molar-refractivity contribution in [1.82, 2.24) is 14.9 Å². The number of anilines is 1. The van der Waals surface area contributed by atoms with Crippen molar-refractivity contribution < 1.29 is 14.7 Å². The Kier molecular flexibility index (Phi) is 4.07. The van der Waals surface area contributed by atoms with Crippen LogP contribution in [0.25, 0.3) is 0 Å². The molecular weight excluding hydrogens is 344 g/mol. The molecule has 0 saturated carbocycles. The van der Waals surface area contributed by atoms with Crippen molar-refractivity contribution in [3.63, 3.8) is 0 Å². The molecule has 0 bridgehead atoms. The average Bonchev–Trinajstić information content (AvgIpc) is 3.19. The second kappa shape index (κ2) is 6.42. The summed E-state index contributed by atoms with van der Waals surface area (Å²) in [5, 5.41) is 14.7. The highest BCUT2D eigenvalue weighted by atomic mass is 16.4. The van der Waals surface area contributed by atoms with Gasteiger partial charge < -0.3 is 20.3 Å². The minimum atomic E-state index is -1.08. The van der Waals surface area contributed by atoms with Crippen molar-refractivity contribution in [2.45, 2.75) is 18.9 Å². The number of imidazole rings is 1. The molecule has 3 atom stereocenters. The van der Waals surface area contributed by atoms with Gasteiger partial charge in [-0.1, -0.05) is 43.4 Å². The quantitative estimate of drug-likeness (QED) is 0.776. The molecule has 0 radical (unpaired) electrons. The van der Waals surface area contributed by atoms with Gasteiger partial charge in [0.25, 0.3) is 0 Å². The molecule has 2 amide bonds. The van der Waals surface area contributed by atoms with E-state index in [9.17, 15) is 14.7 Å². The van der Waals surface area contributed by atoms with Crippen LogP contribution in [0.2, 0.25) is 0 Å². The Hall–Kier alpha value is -3.35. The molecule has 7 nitrogen and oxygen atoms in total. The Morgan fingerprint density at radius 2 is 2.11 bits per heavy atom. The third-order valence-corrected chi connectivity index (χ3v) is 5.47. The van der Waals surface area contributed by atoms with E-state index < -0.39 is 12.0 Å². The number of fused-ring (bicyclic) bond motifs is 3. The molecule has 0 fully saturated rings. The van der Waals surface area contributed by atoms with Crippen molar-refractivity contribution in [1.29, 1.82) is 0 Å². The summed E-state index contributed by atoms with van der Waals surface area (Å²) < 4.78 is 2.11. The summed E-state index contributed by atoms with van der Waals surface area (Å²) >= 11 is 0. The van der Waals surface area contributed by atoms with Gasteiger partial charge in [-0.25, -0.2) is 14.6 Å². The van der Waals surface area contributed by atoms with Gasteiger partial charge in [-0.2, -0.15) is 0 Å². The van der Waals surface area contributed by atoms with Gasteiger partial charge in [-0.15, -0.1) is 0 Å². The maximum atomic E-state index is 12.4. The van der Waals surface area contributed by atoms with E-state index in [-0.39, 0.29) is 28.6 Å². The number of aromatic carboxylic acids is 1. The summed E-state index contributed by atoms with van der Waals surface area (Å²) in [4.78, 5) is 27.9. The van der Waals surface area contributed by atoms with Crippen molar-refractivity contribution in [3.8, 4) is 0 Å². The summed E-state index contributed by atoms with van der Waals surface area (Å²) in [6.07, 6.45) is 12.1. The van der Waals surface area contributed by atoms with Gasteiger partial charge in [-0.05, 0) is 12.1 Å². The lowest BCUT2D eigenvalue weighted by atomic mass is 9.71. The van der Waals surface area contributed by atoms with E-state index >= 15 is 0 Å². The first-order valence-corrected chi connectivity index (χ1v) is 8.75. The summed E-state index contributed by atoms with van der Waals surface area (Å²) in [5.41, 5.74) is 1.29. The molecule has 2 aromatic rings. The topological polar surface area (TPSA) is 96.3 Å². The van der Waals surface area contributed by atoms with Crippen molar-refractivity contribution >= 4 is 17.7 Å². The molecule has 2 heterocycles. The van der Waals surface area contributed by atoms with E-state index in [4.69, 9.17) is 0 Å². The number of carbonyl (C=O) groups is 2. The maximum Gasteiger partial charge on any atom is 0.337 e. The van der Waals surface area contributed by atoms with Crippen LogP contribution in [0.4, 0.5) is 10.5 Å². The zero-order chi connectivity index (χ0) is 19.0. The first kappa shape index (κ1) is 17.1. The van der Waals surface area contributed by atoms with Gasteiger partial charge in [0.1, 0.15) is 0 Å². The number of carbonyl (C=O) groups excluding carboxylic acids is 1. The molecule has 2 aliphatic rings. The summed E-state index contributed by atoms with van der Waals surface area (Å²) in [5.74, 6) is -0.869. The van der Waals surface area contributed by atoms with Gasteiger partial charge in [0.2, 0.25) is 0 Å². The van der Waals surface area contributed by atoms with E-state index in [0.29, 0.717) is 6.54 Å². The van der Waals surface area contributed by atoms with Gasteiger partial charge in [-0.3, -0.25) is 0 Å². The minimum absolute atomic E-state index is 0.0154. The van der Waals surface area contributed by atoms with Crippen molar-refractivity contribution in [2.75, 3.05) is 11.9 Å². The molecule has 4 rings (SSSR count). The normalized spacial score (nSPS) is 24.9. The van der Waals surface area contributed by atoms with Gasteiger partial charge in [0, 0.05) is 29.8 Å². The Morgan fingerprint density at radius 1 is 1.30 bits per heavy atom. The van der Waals surface area contributed by atoms with E-state index in [2.05, 4.69) is 39.3 Å². The van der Waals surface area contributed by atoms with Crippen molar-refractivity contribution in [2.24, 2.45) is 5.41 Å². The zero-order valence-corrected chi connectivity index (χ0v) is 14.8. The van der Waals surface area contributed by atoms with Gasteiger partial charge >= 0.3 is 12.0 Å².